The first-order valence-electron chi connectivity index (χ1n) is 9.89. The molecule has 0 bridgehead atoms. The van der Waals surface area contributed by atoms with Crippen LogP contribution in [0, 0.1) is 0 Å². The largest absolute Gasteiger partial charge is 0.389 e. The molecule has 1 unspecified atom stereocenters. The number of aromatic nitrogens is 4. The highest BCUT2D eigenvalue weighted by Crippen LogP contribution is 2.30. The second-order valence-electron chi connectivity index (χ2n) is 7.65. The van der Waals surface area contributed by atoms with Gasteiger partial charge in [-0.25, -0.2) is 4.79 Å². The molecule has 5 rings (SSSR count). The molecule has 31 heavy (non-hydrogen) atoms. The van der Waals surface area contributed by atoms with E-state index in [1.165, 1.54) is 9.13 Å². The monoisotopic (exact) mass is 437 g/mol. The molecule has 1 N–H and O–H groups in total. The lowest BCUT2D eigenvalue weighted by Gasteiger charge is -2.32. The summed E-state index contributed by atoms with van der Waals surface area (Å²) in [6, 6.07) is 16.6. The first kappa shape index (κ1) is 19.6. The van der Waals surface area contributed by atoms with Crippen LogP contribution in [0.4, 0.5) is 11.6 Å². The Bertz CT molecular complexity index is 1390. The predicted octanol–water partition coefficient (Wildman–Crippen LogP) is 2.11. The molecule has 0 aliphatic carbocycles. The fourth-order valence-corrected chi connectivity index (χ4v) is 4.17. The van der Waals surface area contributed by atoms with Crippen LogP contribution in [-0.4, -0.2) is 36.4 Å². The summed E-state index contributed by atoms with van der Waals surface area (Å²) in [5, 5.41) is 11.1. The van der Waals surface area contributed by atoms with Gasteiger partial charge in [0.05, 0.1) is 25.7 Å². The average Bonchev–Trinajstić information content (AvgIpc) is 3.16. The fraction of sp³-hybridized carbons (Fsp3) is 0.227. The Hall–Kier alpha value is -3.36. The Morgan fingerprint density at radius 1 is 1.06 bits per heavy atom. The average molecular weight is 438 g/mol. The minimum absolute atomic E-state index is 0.115. The maximum Gasteiger partial charge on any atom is 0.332 e. The summed E-state index contributed by atoms with van der Waals surface area (Å²) in [7, 11) is 1.60. The summed E-state index contributed by atoms with van der Waals surface area (Å²) in [6.45, 7) is 0.688. The SMILES string of the molecule is Cn1c(=O)n(Cc2ccc(Cl)cc2)c(=O)c2c1nc1n2CC(O)CN1c1ccccc1. The van der Waals surface area contributed by atoms with Gasteiger partial charge in [0.2, 0.25) is 5.95 Å². The van der Waals surface area contributed by atoms with E-state index in [0.29, 0.717) is 28.7 Å². The van der Waals surface area contributed by atoms with Crippen molar-refractivity contribution in [1.29, 1.82) is 0 Å². The van der Waals surface area contributed by atoms with Crippen molar-refractivity contribution in [2.45, 2.75) is 19.2 Å². The summed E-state index contributed by atoms with van der Waals surface area (Å²) in [6.07, 6.45) is -0.688. The van der Waals surface area contributed by atoms with E-state index in [2.05, 4.69) is 4.98 Å². The number of aliphatic hydroxyl groups is 1. The topological polar surface area (TPSA) is 85.3 Å². The number of anilines is 2. The van der Waals surface area contributed by atoms with Crippen LogP contribution in [0.1, 0.15) is 5.56 Å². The number of β-amino-alcohol motifs (C(OH)–C–C–N with tert-alkyl or cyclic N) is 1. The van der Waals surface area contributed by atoms with Gasteiger partial charge >= 0.3 is 5.69 Å². The normalized spacial score (nSPS) is 16.0. The zero-order valence-electron chi connectivity index (χ0n) is 16.8. The number of benzene rings is 2. The van der Waals surface area contributed by atoms with Crippen molar-refractivity contribution in [3.63, 3.8) is 0 Å². The van der Waals surface area contributed by atoms with Gasteiger partial charge in [-0.2, -0.15) is 4.98 Å². The molecular weight excluding hydrogens is 418 g/mol. The number of rotatable bonds is 3. The number of imidazole rings is 1. The number of hydrogen-bond acceptors (Lipinski definition) is 5. The van der Waals surface area contributed by atoms with Gasteiger partial charge in [0, 0.05) is 17.8 Å². The number of aryl methyl sites for hydroxylation is 1. The summed E-state index contributed by atoms with van der Waals surface area (Å²) in [5.41, 5.74) is 1.35. The Morgan fingerprint density at radius 2 is 1.77 bits per heavy atom. The smallest absolute Gasteiger partial charge is 0.332 e. The highest BCUT2D eigenvalue weighted by molar-refractivity contribution is 6.30. The third-order valence-electron chi connectivity index (χ3n) is 5.56. The van der Waals surface area contributed by atoms with Gasteiger partial charge < -0.3 is 14.6 Å². The summed E-state index contributed by atoms with van der Waals surface area (Å²) in [4.78, 5) is 32.9. The highest BCUT2D eigenvalue weighted by atomic mass is 35.5. The number of halogens is 1. The number of aliphatic hydroxyl groups excluding tert-OH is 1. The van der Waals surface area contributed by atoms with Crippen LogP contribution < -0.4 is 16.1 Å². The number of fused-ring (bicyclic) bond motifs is 3. The van der Waals surface area contributed by atoms with E-state index in [-0.39, 0.29) is 13.1 Å². The van der Waals surface area contributed by atoms with Crippen molar-refractivity contribution in [3.8, 4) is 0 Å². The van der Waals surface area contributed by atoms with Gasteiger partial charge in [0.15, 0.2) is 11.2 Å². The maximum absolute atomic E-state index is 13.4. The standard InChI is InChI=1S/C22H20ClN5O3/c1-25-19-18(20(30)28(22(25)31)11-14-7-9-15(23)10-8-14)27-13-17(29)12-26(21(27)24-19)16-5-3-2-4-6-16/h2-10,17,29H,11-13H2,1H3. The van der Waals surface area contributed by atoms with Crippen molar-refractivity contribution in [2.24, 2.45) is 7.05 Å². The van der Waals surface area contributed by atoms with E-state index in [4.69, 9.17) is 11.6 Å². The molecule has 3 heterocycles. The first-order valence-corrected chi connectivity index (χ1v) is 10.3. The molecule has 4 aromatic rings. The number of hydrogen-bond donors (Lipinski definition) is 1. The number of nitrogens with zero attached hydrogens (tertiary/aromatic N) is 5. The van der Waals surface area contributed by atoms with Crippen LogP contribution in [-0.2, 0) is 20.1 Å². The quantitative estimate of drug-likeness (QED) is 0.530. The molecule has 2 aromatic heterocycles. The van der Waals surface area contributed by atoms with Gasteiger partial charge in [-0.1, -0.05) is 41.9 Å². The van der Waals surface area contributed by atoms with Gasteiger partial charge in [-0.05, 0) is 29.8 Å². The lowest BCUT2D eigenvalue weighted by molar-refractivity contribution is 0.154. The van der Waals surface area contributed by atoms with E-state index in [0.717, 1.165) is 11.3 Å². The number of para-hydroxylation sites is 1. The molecule has 8 nitrogen and oxygen atoms in total. The minimum Gasteiger partial charge on any atom is -0.389 e. The molecular formula is C22H20ClN5O3. The molecule has 0 amide bonds. The third kappa shape index (κ3) is 3.24. The van der Waals surface area contributed by atoms with Crippen LogP contribution in [0.3, 0.4) is 0 Å². The zero-order chi connectivity index (χ0) is 21.7. The molecule has 158 valence electrons. The maximum atomic E-state index is 13.4. The van der Waals surface area contributed by atoms with E-state index in [9.17, 15) is 14.7 Å². The van der Waals surface area contributed by atoms with E-state index in [1.54, 1.807) is 35.9 Å². The molecule has 2 aromatic carbocycles. The molecule has 0 radical (unpaired) electrons. The Labute approximate surface area is 182 Å². The van der Waals surface area contributed by atoms with E-state index >= 15 is 0 Å². The lowest BCUT2D eigenvalue weighted by atomic mass is 10.2. The summed E-state index contributed by atoms with van der Waals surface area (Å²) >= 11 is 5.95. The van der Waals surface area contributed by atoms with Gasteiger partial charge in [-0.15, -0.1) is 0 Å². The third-order valence-corrected chi connectivity index (χ3v) is 5.81. The zero-order valence-corrected chi connectivity index (χ0v) is 17.5. The second-order valence-corrected chi connectivity index (χ2v) is 8.09. The molecule has 0 spiro atoms. The van der Waals surface area contributed by atoms with E-state index in [1.807, 2.05) is 35.2 Å². The predicted molar refractivity (Wildman–Crippen MR) is 119 cm³/mol. The Morgan fingerprint density at radius 3 is 2.48 bits per heavy atom. The second kappa shape index (κ2) is 7.40. The highest BCUT2D eigenvalue weighted by Gasteiger charge is 2.30. The summed E-state index contributed by atoms with van der Waals surface area (Å²) in [5.74, 6) is 0.530. The van der Waals surface area contributed by atoms with Crippen LogP contribution in [0.15, 0.2) is 64.2 Å². The Balaban J connectivity index is 1.72. The van der Waals surface area contributed by atoms with Crippen LogP contribution in [0.5, 0.6) is 0 Å². The van der Waals surface area contributed by atoms with Crippen LogP contribution in [0.25, 0.3) is 11.2 Å². The van der Waals surface area contributed by atoms with Crippen LogP contribution in [0.2, 0.25) is 5.02 Å². The minimum atomic E-state index is -0.688. The molecule has 0 fully saturated rings. The molecule has 1 aliphatic heterocycles. The van der Waals surface area contributed by atoms with Crippen molar-refractivity contribution in [3.05, 3.63) is 86.0 Å². The van der Waals surface area contributed by atoms with E-state index < -0.39 is 17.4 Å². The molecule has 1 aliphatic rings. The van der Waals surface area contributed by atoms with Crippen molar-refractivity contribution >= 4 is 34.4 Å². The van der Waals surface area contributed by atoms with Crippen molar-refractivity contribution in [2.75, 3.05) is 11.4 Å². The lowest BCUT2D eigenvalue weighted by Crippen LogP contribution is -2.41. The Kier molecular flexibility index (Phi) is 4.68. The summed E-state index contributed by atoms with van der Waals surface area (Å²) < 4.78 is 4.28. The fourth-order valence-electron chi connectivity index (χ4n) is 4.04. The molecule has 0 saturated carbocycles. The molecule has 1 atom stereocenters. The van der Waals surface area contributed by atoms with Gasteiger partial charge in [0.1, 0.15) is 0 Å². The molecule has 0 saturated heterocycles. The van der Waals surface area contributed by atoms with Gasteiger partial charge in [0.25, 0.3) is 5.56 Å². The van der Waals surface area contributed by atoms with Crippen molar-refractivity contribution < 1.29 is 5.11 Å². The van der Waals surface area contributed by atoms with Crippen LogP contribution >= 0.6 is 11.6 Å². The first-order chi connectivity index (χ1) is 14.9. The van der Waals surface area contributed by atoms with Crippen molar-refractivity contribution in [1.82, 2.24) is 18.7 Å². The molecule has 9 heteroatoms. The van der Waals surface area contributed by atoms with Gasteiger partial charge in [-0.3, -0.25) is 13.9 Å².